The van der Waals surface area contributed by atoms with Gasteiger partial charge in [0.05, 0.1) is 26.9 Å². The molecule has 1 aromatic rings. The molecule has 0 unspecified atom stereocenters. The molecule has 0 bridgehead atoms. The van der Waals surface area contributed by atoms with E-state index in [-0.39, 0.29) is 6.10 Å². The van der Waals surface area contributed by atoms with Crippen molar-refractivity contribution in [3.63, 3.8) is 0 Å². The zero-order valence-corrected chi connectivity index (χ0v) is 13.2. The lowest BCUT2D eigenvalue weighted by atomic mass is 9.83. The van der Waals surface area contributed by atoms with Crippen LogP contribution in [0.4, 0.5) is 0 Å². The fraction of sp³-hybridized carbons (Fsp3) is 0.647. The monoisotopic (exact) mass is 291 g/mol. The Hall–Kier alpha value is -1.26. The summed E-state index contributed by atoms with van der Waals surface area (Å²) in [6.45, 7) is 5.26. The molecule has 0 N–H and O–H groups in total. The standard InChI is InChI=1S/C17H25NO3/c1-4-7-18-8-9-21-17-11-13-12(10-14(17)18)15(19-2)5-6-16(13)20-3/h5-6,14,17H,4,7-11H2,1-3H3/t14-,17-/m1/s1. The van der Waals surface area contributed by atoms with Crippen molar-refractivity contribution < 1.29 is 14.2 Å². The molecule has 1 saturated heterocycles. The van der Waals surface area contributed by atoms with Crippen molar-refractivity contribution in [3.05, 3.63) is 23.3 Å². The van der Waals surface area contributed by atoms with Gasteiger partial charge in [-0.3, -0.25) is 4.90 Å². The van der Waals surface area contributed by atoms with E-state index in [0.717, 1.165) is 44.0 Å². The van der Waals surface area contributed by atoms with Crippen molar-refractivity contribution in [3.8, 4) is 11.5 Å². The van der Waals surface area contributed by atoms with E-state index in [1.54, 1.807) is 14.2 Å². The highest BCUT2D eigenvalue weighted by Gasteiger charge is 2.38. The molecule has 4 nitrogen and oxygen atoms in total. The van der Waals surface area contributed by atoms with Gasteiger partial charge in [0.2, 0.25) is 0 Å². The molecular formula is C17H25NO3. The maximum atomic E-state index is 6.05. The summed E-state index contributed by atoms with van der Waals surface area (Å²) >= 11 is 0. The van der Waals surface area contributed by atoms with E-state index < -0.39 is 0 Å². The Morgan fingerprint density at radius 1 is 1.14 bits per heavy atom. The summed E-state index contributed by atoms with van der Waals surface area (Å²) in [6.07, 6.45) is 3.37. The number of ether oxygens (including phenoxy) is 3. The Bertz CT molecular complexity index is 501. The summed E-state index contributed by atoms with van der Waals surface area (Å²) in [6, 6.07) is 4.49. The molecule has 3 rings (SSSR count). The predicted octanol–water partition coefficient (Wildman–Crippen LogP) is 2.28. The van der Waals surface area contributed by atoms with Gasteiger partial charge in [-0.1, -0.05) is 6.92 Å². The van der Waals surface area contributed by atoms with Gasteiger partial charge in [0.1, 0.15) is 11.5 Å². The van der Waals surface area contributed by atoms with Crippen LogP contribution in [0, 0.1) is 0 Å². The lowest BCUT2D eigenvalue weighted by molar-refractivity contribution is -0.0743. The molecule has 1 aliphatic carbocycles. The molecule has 0 amide bonds. The number of hydrogen-bond donors (Lipinski definition) is 0. The summed E-state index contributed by atoms with van der Waals surface area (Å²) in [5.41, 5.74) is 2.56. The Balaban J connectivity index is 1.96. The van der Waals surface area contributed by atoms with Crippen LogP contribution in [0.15, 0.2) is 12.1 Å². The third kappa shape index (κ3) is 2.62. The van der Waals surface area contributed by atoms with Crippen molar-refractivity contribution in [2.24, 2.45) is 0 Å². The molecule has 0 radical (unpaired) electrons. The van der Waals surface area contributed by atoms with Crippen molar-refractivity contribution in [2.75, 3.05) is 33.9 Å². The lowest BCUT2D eigenvalue weighted by Gasteiger charge is -2.44. The second-order valence-electron chi connectivity index (χ2n) is 5.85. The van der Waals surface area contributed by atoms with Crippen LogP contribution < -0.4 is 9.47 Å². The van der Waals surface area contributed by atoms with Crippen LogP contribution in [0.3, 0.4) is 0 Å². The van der Waals surface area contributed by atoms with Crippen molar-refractivity contribution in [1.29, 1.82) is 0 Å². The summed E-state index contributed by atoms with van der Waals surface area (Å²) in [5.74, 6) is 1.94. The number of methoxy groups -OCH3 is 2. The Kier molecular flexibility index (Phi) is 4.36. The summed E-state index contributed by atoms with van der Waals surface area (Å²) in [5, 5.41) is 0. The van der Waals surface area contributed by atoms with E-state index >= 15 is 0 Å². The summed E-state index contributed by atoms with van der Waals surface area (Å²) in [7, 11) is 3.48. The van der Waals surface area contributed by atoms with Gasteiger partial charge in [-0.05, 0) is 31.5 Å². The topological polar surface area (TPSA) is 30.9 Å². The molecule has 4 heteroatoms. The quantitative estimate of drug-likeness (QED) is 0.851. The molecule has 0 spiro atoms. The van der Waals surface area contributed by atoms with E-state index in [4.69, 9.17) is 14.2 Å². The number of nitrogens with zero attached hydrogens (tertiary/aromatic N) is 1. The van der Waals surface area contributed by atoms with Crippen LogP contribution in [0.25, 0.3) is 0 Å². The van der Waals surface area contributed by atoms with Gasteiger partial charge >= 0.3 is 0 Å². The SMILES string of the molecule is CCCN1CCO[C@@H]2Cc3c(OC)ccc(OC)c3C[C@H]21. The summed E-state index contributed by atoms with van der Waals surface area (Å²) in [4.78, 5) is 2.58. The zero-order chi connectivity index (χ0) is 14.8. The third-order valence-corrected chi connectivity index (χ3v) is 4.72. The maximum absolute atomic E-state index is 6.05. The number of rotatable bonds is 4. The van der Waals surface area contributed by atoms with Crippen molar-refractivity contribution >= 4 is 0 Å². The first-order chi connectivity index (χ1) is 10.3. The molecule has 21 heavy (non-hydrogen) atoms. The molecule has 2 atom stereocenters. The van der Waals surface area contributed by atoms with Gasteiger partial charge in [0, 0.05) is 30.1 Å². The highest BCUT2D eigenvalue weighted by Crippen LogP contribution is 2.39. The minimum atomic E-state index is 0.277. The van der Waals surface area contributed by atoms with Crippen molar-refractivity contribution in [2.45, 2.75) is 38.3 Å². The van der Waals surface area contributed by atoms with Crippen molar-refractivity contribution in [1.82, 2.24) is 4.90 Å². The predicted molar refractivity (Wildman–Crippen MR) is 82.3 cm³/mol. The van der Waals surface area contributed by atoms with Gasteiger partial charge in [0.15, 0.2) is 0 Å². The van der Waals surface area contributed by atoms with Crippen LogP contribution in [-0.2, 0) is 17.6 Å². The lowest BCUT2D eigenvalue weighted by Crippen LogP contribution is -2.55. The van der Waals surface area contributed by atoms with E-state index in [0.29, 0.717) is 6.04 Å². The first-order valence-electron chi connectivity index (χ1n) is 7.86. The zero-order valence-electron chi connectivity index (χ0n) is 13.2. The normalized spacial score (nSPS) is 25.1. The fourth-order valence-corrected chi connectivity index (χ4v) is 3.74. The molecule has 1 aliphatic heterocycles. The van der Waals surface area contributed by atoms with E-state index in [1.165, 1.54) is 17.5 Å². The average Bonchev–Trinajstić information content (AvgIpc) is 2.52. The number of hydrogen-bond acceptors (Lipinski definition) is 4. The second kappa shape index (κ2) is 6.24. The molecule has 0 saturated carbocycles. The van der Waals surface area contributed by atoms with Gasteiger partial charge < -0.3 is 14.2 Å². The fourth-order valence-electron chi connectivity index (χ4n) is 3.74. The van der Waals surface area contributed by atoms with Gasteiger partial charge in [0.25, 0.3) is 0 Å². The van der Waals surface area contributed by atoms with E-state index in [1.807, 2.05) is 12.1 Å². The number of morpholine rings is 1. The highest BCUT2D eigenvalue weighted by molar-refractivity contribution is 5.51. The third-order valence-electron chi connectivity index (χ3n) is 4.72. The van der Waals surface area contributed by atoms with Gasteiger partial charge in [-0.25, -0.2) is 0 Å². The molecular weight excluding hydrogens is 266 g/mol. The summed E-state index contributed by atoms with van der Waals surface area (Å²) < 4.78 is 17.2. The number of fused-ring (bicyclic) bond motifs is 2. The molecule has 1 fully saturated rings. The molecule has 1 aromatic carbocycles. The van der Waals surface area contributed by atoms with Crippen LogP contribution >= 0.6 is 0 Å². The van der Waals surface area contributed by atoms with E-state index in [9.17, 15) is 0 Å². The van der Waals surface area contributed by atoms with Crippen LogP contribution in [0.1, 0.15) is 24.5 Å². The Morgan fingerprint density at radius 2 is 1.81 bits per heavy atom. The highest BCUT2D eigenvalue weighted by atomic mass is 16.5. The van der Waals surface area contributed by atoms with Crippen LogP contribution in [-0.4, -0.2) is 51.0 Å². The van der Waals surface area contributed by atoms with Gasteiger partial charge in [-0.2, -0.15) is 0 Å². The number of benzene rings is 1. The average molecular weight is 291 g/mol. The largest absolute Gasteiger partial charge is 0.496 e. The molecule has 1 heterocycles. The minimum absolute atomic E-state index is 0.277. The maximum Gasteiger partial charge on any atom is 0.122 e. The molecule has 116 valence electrons. The second-order valence-corrected chi connectivity index (χ2v) is 5.85. The van der Waals surface area contributed by atoms with E-state index in [2.05, 4.69) is 11.8 Å². The smallest absolute Gasteiger partial charge is 0.122 e. The first kappa shape index (κ1) is 14.7. The minimum Gasteiger partial charge on any atom is -0.496 e. The Labute approximate surface area is 127 Å². The van der Waals surface area contributed by atoms with Crippen LogP contribution in [0.2, 0.25) is 0 Å². The van der Waals surface area contributed by atoms with Gasteiger partial charge in [-0.15, -0.1) is 0 Å². The molecule has 0 aromatic heterocycles. The van der Waals surface area contributed by atoms with Crippen LogP contribution in [0.5, 0.6) is 11.5 Å². The Morgan fingerprint density at radius 3 is 2.43 bits per heavy atom. The molecule has 2 aliphatic rings. The first-order valence-corrected chi connectivity index (χ1v) is 7.86.